The fourth-order valence-corrected chi connectivity index (χ4v) is 3.11. The number of hydrogen-bond donors (Lipinski definition) is 1. The summed E-state index contributed by atoms with van der Waals surface area (Å²) in [6.45, 7) is 0.540. The number of benzene rings is 2. The summed E-state index contributed by atoms with van der Waals surface area (Å²) in [6.07, 6.45) is 5.07. The molecule has 0 unspecified atom stereocenters. The van der Waals surface area contributed by atoms with Crippen molar-refractivity contribution in [2.75, 3.05) is 11.4 Å². The first-order valence-electron chi connectivity index (χ1n) is 8.57. The van der Waals surface area contributed by atoms with Gasteiger partial charge in [-0.15, -0.1) is 0 Å². The second-order valence-corrected chi connectivity index (χ2v) is 6.35. The quantitative estimate of drug-likeness (QED) is 0.535. The zero-order chi connectivity index (χ0) is 18.8. The highest BCUT2D eigenvalue weighted by atomic mass is 19.1. The lowest BCUT2D eigenvalue weighted by molar-refractivity contribution is -0.107. The number of imidazole rings is 1. The highest BCUT2D eigenvalue weighted by Gasteiger charge is 2.12. The predicted molar refractivity (Wildman–Crippen MR) is 102 cm³/mol. The molecule has 0 saturated heterocycles. The van der Waals surface area contributed by atoms with E-state index in [1.165, 1.54) is 12.1 Å². The van der Waals surface area contributed by atoms with E-state index in [0.29, 0.717) is 13.0 Å². The number of carbonyl (C=O) groups is 1. The number of aromatic amines is 1. The summed E-state index contributed by atoms with van der Waals surface area (Å²) in [5, 5.41) is 8.22. The Hall–Kier alpha value is -3.48. The maximum atomic E-state index is 13.2. The average Bonchev–Trinajstić information content (AvgIpc) is 3.29. The molecule has 2 heterocycles. The Kier molecular flexibility index (Phi) is 4.42. The highest BCUT2D eigenvalue weighted by Crippen LogP contribution is 2.29. The van der Waals surface area contributed by atoms with Gasteiger partial charge in [-0.05, 0) is 42.5 Å². The van der Waals surface area contributed by atoms with Crippen molar-refractivity contribution < 1.29 is 9.18 Å². The Bertz CT molecular complexity index is 1080. The van der Waals surface area contributed by atoms with Crippen molar-refractivity contribution in [3.05, 3.63) is 66.5 Å². The maximum absolute atomic E-state index is 13.2. The fourth-order valence-electron chi connectivity index (χ4n) is 3.11. The van der Waals surface area contributed by atoms with Crippen LogP contribution in [0, 0.1) is 5.82 Å². The maximum Gasteiger partial charge on any atom is 0.214 e. The number of carbonyl (C=O) groups excluding carboxylic acids is 1. The highest BCUT2D eigenvalue weighted by molar-refractivity contribution is 5.96. The van der Waals surface area contributed by atoms with Crippen LogP contribution in [0.15, 0.2) is 55.0 Å². The molecule has 0 spiro atoms. The second kappa shape index (κ2) is 7.03. The van der Waals surface area contributed by atoms with Gasteiger partial charge in [0.2, 0.25) is 6.41 Å². The number of aromatic nitrogens is 4. The molecule has 136 valence electrons. The Labute approximate surface area is 155 Å². The Morgan fingerprint density at radius 3 is 2.74 bits per heavy atom. The number of hydrogen-bond acceptors (Lipinski definition) is 3. The molecule has 0 aliphatic carbocycles. The lowest BCUT2D eigenvalue weighted by Gasteiger charge is -2.17. The van der Waals surface area contributed by atoms with Gasteiger partial charge in [-0.2, -0.15) is 5.10 Å². The standard InChI is InChI=1S/C20H18FN5O/c1-25-12-22-11-17(25)8-9-26(13-27)16-6-7-19-18(10-16)20(24-23-19)14-2-4-15(21)5-3-14/h2-7,10-13H,8-9H2,1H3,(H,23,24). The van der Waals surface area contributed by atoms with Crippen LogP contribution >= 0.6 is 0 Å². The number of nitrogens with zero attached hydrogens (tertiary/aromatic N) is 4. The molecule has 2 aromatic heterocycles. The van der Waals surface area contributed by atoms with Crippen LogP contribution in [0.25, 0.3) is 22.2 Å². The van der Waals surface area contributed by atoms with Crippen LogP contribution in [0.1, 0.15) is 5.69 Å². The van der Waals surface area contributed by atoms with Gasteiger partial charge < -0.3 is 9.47 Å². The minimum Gasteiger partial charge on any atom is -0.338 e. The van der Waals surface area contributed by atoms with Gasteiger partial charge in [-0.25, -0.2) is 9.37 Å². The van der Waals surface area contributed by atoms with Crippen LogP contribution in [0.5, 0.6) is 0 Å². The molecule has 0 saturated carbocycles. The summed E-state index contributed by atoms with van der Waals surface area (Å²) in [7, 11) is 1.93. The van der Waals surface area contributed by atoms with E-state index in [4.69, 9.17) is 0 Å². The number of amides is 1. The Balaban J connectivity index is 1.65. The van der Waals surface area contributed by atoms with Gasteiger partial charge in [0.15, 0.2) is 0 Å². The summed E-state index contributed by atoms with van der Waals surface area (Å²) < 4.78 is 15.1. The summed E-state index contributed by atoms with van der Waals surface area (Å²) in [5.74, 6) is -0.290. The number of halogens is 1. The van der Waals surface area contributed by atoms with Crippen LogP contribution in [0.3, 0.4) is 0 Å². The van der Waals surface area contributed by atoms with Crippen molar-refractivity contribution in [3.63, 3.8) is 0 Å². The van der Waals surface area contributed by atoms with E-state index in [0.717, 1.165) is 40.0 Å². The third kappa shape index (κ3) is 3.31. The Morgan fingerprint density at radius 1 is 1.22 bits per heavy atom. The van der Waals surface area contributed by atoms with Gasteiger partial charge in [-0.3, -0.25) is 9.89 Å². The molecule has 4 aromatic rings. The number of H-pyrrole nitrogens is 1. The van der Waals surface area contributed by atoms with Crippen molar-refractivity contribution >= 4 is 23.0 Å². The average molecular weight is 363 g/mol. The molecular weight excluding hydrogens is 345 g/mol. The first kappa shape index (κ1) is 17.0. The molecule has 1 amide bonds. The van der Waals surface area contributed by atoms with E-state index in [1.54, 1.807) is 29.6 Å². The molecule has 0 atom stereocenters. The molecule has 7 heteroatoms. The van der Waals surface area contributed by atoms with Gasteiger partial charge in [0.1, 0.15) is 5.82 Å². The number of rotatable bonds is 6. The molecule has 2 aromatic carbocycles. The van der Waals surface area contributed by atoms with Crippen LogP contribution in [0.2, 0.25) is 0 Å². The molecule has 0 aliphatic heterocycles. The van der Waals surface area contributed by atoms with Crippen LogP contribution < -0.4 is 4.90 Å². The van der Waals surface area contributed by atoms with Gasteiger partial charge in [0.05, 0.1) is 17.5 Å². The molecule has 0 radical (unpaired) electrons. The van der Waals surface area contributed by atoms with Crippen molar-refractivity contribution in [2.45, 2.75) is 6.42 Å². The minimum atomic E-state index is -0.290. The van der Waals surface area contributed by atoms with Gasteiger partial charge in [0.25, 0.3) is 0 Å². The summed E-state index contributed by atoms with van der Waals surface area (Å²) in [4.78, 5) is 17.4. The third-order valence-corrected chi connectivity index (χ3v) is 4.65. The van der Waals surface area contributed by atoms with Crippen LogP contribution in [-0.4, -0.2) is 32.7 Å². The number of nitrogens with one attached hydrogen (secondary N) is 1. The molecule has 6 nitrogen and oxygen atoms in total. The van der Waals surface area contributed by atoms with E-state index in [9.17, 15) is 9.18 Å². The molecule has 1 N–H and O–H groups in total. The van der Waals surface area contributed by atoms with Crippen molar-refractivity contribution in [3.8, 4) is 11.3 Å². The molecule has 27 heavy (non-hydrogen) atoms. The first-order chi connectivity index (χ1) is 13.2. The third-order valence-electron chi connectivity index (χ3n) is 4.65. The number of aryl methyl sites for hydroxylation is 1. The zero-order valence-corrected chi connectivity index (χ0v) is 14.8. The first-order valence-corrected chi connectivity index (χ1v) is 8.57. The van der Waals surface area contributed by atoms with E-state index < -0.39 is 0 Å². The van der Waals surface area contributed by atoms with Crippen molar-refractivity contribution in [1.82, 2.24) is 19.7 Å². The van der Waals surface area contributed by atoms with Crippen LogP contribution in [-0.2, 0) is 18.3 Å². The van der Waals surface area contributed by atoms with Gasteiger partial charge in [-0.1, -0.05) is 0 Å². The Morgan fingerprint density at radius 2 is 2.04 bits per heavy atom. The normalized spacial score (nSPS) is 11.0. The predicted octanol–water partition coefficient (Wildman–Crippen LogP) is 3.31. The molecule has 0 fully saturated rings. The molecule has 0 bridgehead atoms. The molecule has 4 rings (SSSR count). The van der Waals surface area contributed by atoms with E-state index in [1.807, 2.05) is 29.8 Å². The van der Waals surface area contributed by atoms with Gasteiger partial charge in [0, 0.05) is 48.5 Å². The largest absolute Gasteiger partial charge is 0.338 e. The molecular formula is C20H18FN5O. The zero-order valence-electron chi connectivity index (χ0n) is 14.8. The van der Waals surface area contributed by atoms with E-state index >= 15 is 0 Å². The lowest BCUT2D eigenvalue weighted by atomic mass is 10.1. The fraction of sp³-hybridized carbons (Fsp3) is 0.150. The number of anilines is 1. The number of fused-ring (bicyclic) bond motifs is 1. The summed E-state index contributed by atoms with van der Waals surface area (Å²) in [6, 6.07) is 11.9. The van der Waals surface area contributed by atoms with Crippen LogP contribution in [0.4, 0.5) is 10.1 Å². The minimum absolute atomic E-state index is 0.290. The van der Waals surface area contributed by atoms with E-state index in [2.05, 4.69) is 15.2 Å². The monoisotopic (exact) mass is 363 g/mol. The SMILES string of the molecule is Cn1cncc1CCN(C=O)c1ccc2[nH]nc(-c3ccc(F)cc3)c2c1. The second-order valence-electron chi connectivity index (χ2n) is 6.35. The summed E-state index contributed by atoms with van der Waals surface area (Å²) in [5.41, 5.74) is 4.23. The molecule has 0 aliphatic rings. The van der Waals surface area contributed by atoms with E-state index in [-0.39, 0.29) is 5.82 Å². The van der Waals surface area contributed by atoms with Crippen molar-refractivity contribution in [2.24, 2.45) is 7.05 Å². The van der Waals surface area contributed by atoms with Crippen molar-refractivity contribution in [1.29, 1.82) is 0 Å². The smallest absolute Gasteiger partial charge is 0.214 e. The summed E-state index contributed by atoms with van der Waals surface area (Å²) >= 11 is 0. The lowest BCUT2D eigenvalue weighted by Crippen LogP contribution is -2.24. The van der Waals surface area contributed by atoms with Gasteiger partial charge >= 0.3 is 0 Å². The topological polar surface area (TPSA) is 66.8 Å².